The number of halogens is 1. The molecule has 0 aromatic carbocycles. The molecular weight excluding hydrogens is 400 g/mol. The van der Waals surface area contributed by atoms with Gasteiger partial charge in [-0.3, -0.25) is 9.78 Å². The first-order valence-electron chi connectivity index (χ1n) is 7.10. The van der Waals surface area contributed by atoms with Gasteiger partial charge in [0, 0.05) is 16.9 Å². The van der Waals surface area contributed by atoms with E-state index in [1.54, 1.807) is 19.2 Å². The van der Waals surface area contributed by atoms with E-state index in [-0.39, 0.29) is 31.4 Å². The van der Waals surface area contributed by atoms with Crippen LogP contribution in [0.2, 0.25) is 0 Å². The van der Waals surface area contributed by atoms with E-state index in [2.05, 4.69) is 20.9 Å². The van der Waals surface area contributed by atoms with Crippen molar-refractivity contribution in [1.29, 1.82) is 0 Å². The van der Waals surface area contributed by atoms with Gasteiger partial charge < -0.3 is 14.4 Å². The van der Waals surface area contributed by atoms with E-state index < -0.39 is 11.9 Å². The molecule has 1 saturated heterocycles. The Labute approximate surface area is 151 Å². The molecular formula is C15H15BrN2O5S. The lowest BCUT2D eigenvalue weighted by atomic mass is 10.3. The summed E-state index contributed by atoms with van der Waals surface area (Å²) in [5, 5.41) is 0.499. The second-order valence-electron chi connectivity index (χ2n) is 4.60. The highest BCUT2D eigenvalue weighted by molar-refractivity contribution is 9.10. The molecule has 2 rings (SSSR count). The van der Waals surface area contributed by atoms with Crippen LogP contribution in [0, 0.1) is 0 Å². The van der Waals surface area contributed by atoms with Gasteiger partial charge in [-0.25, -0.2) is 9.59 Å². The Kier molecular flexibility index (Phi) is 6.80. The van der Waals surface area contributed by atoms with Gasteiger partial charge in [-0.05, 0) is 28.9 Å². The molecule has 0 atom stereocenters. The SMILES string of the molecule is CCOC(=O)/C=C1/SCC(=O)N1CCOC(=O)c1cncc(Br)c1. The maximum atomic E-state index is 11.9. The van der Waals surface area contributed by atoms with E-state index in [4.69, 9.17) is 9.47 Å². The molecule has 0 spiro atoms. The molecule has 1 aromatic rings. The zero-order valence-corrected chi connectivity index (χ0v) is 15.3. The van der Waals surface area contributed by atoms with Gasteiger partial charge in [0.15, 0.2) is 0 Å². The number of carbonyl (C=O) groups excluding carboxylic acids is 3. The van der Waals surface area contributed by atoms with Crippen LogP contribution in [0.1, 0.15) is 17.3 Å². The fourth-order valence-electron chi connectivity index (χ4n) is 1.89. The van der Waals surface area contributed by atoms with Gasteiger partial charge in [0.05, 0.1) is 35.6 Å². The van der Waals surface area contributed by atoms with Crippen molar-refractivity contribution in [3.05, 3.63) is 39.6 Å². The van der Waals surface area contributed by atoms with Crippen molar-refractivity contribution < 1.29 is 23.9 Å². The number of nitrogens with zero attached hydrogens (tertiary/aromatic N) is 2. The minimum absolute atomic E-state index is 0.0117. The molecule has 1 amide bonds. The lowest BCUT2D eigenvalue weighted by Crippen LogP contribution is -2.29. The number of esters is 2. The molecule has 0 saturated carbocycles. The van der Waals surface area contributed by atoms with Crippen LogP contribution >= 0.6 is 27.7 Å². The number of pyridine rings is 1. The zero-order valence-electron chi connectivity index (χ0n) is 12.9. The summed E-state index contributed by atoms with van der Waals surface area (Å²) in [7, 11) is 0. The molecule has 0 unspecified atom stereocenters. The largest absolute Gasteiger partial charge is 0.463 e. The number of hydrogen-bond donors (Lipinski definition) is 0. The Morgan fingerprint density at radius 2 is 2.21 bits per heavy atom. The number of aromatic nitrogens is 1. The summed E-state index contributed by atoms with van der Waals surface area (Å²) in [6.07, 6.45) is 4.23. The van der Waals surface area contributed by atoms with Crippen LogP contribution in [-0.4, -0.2) is 53.2 Å². The van der Waals surface area contributed by atoms with Crippen molar-refractivity contribution in [2.75, 3.05) is 25.5 Å². The van der Waals surface area contributed by atoms with Gasteiger partial charge in [-0.1, -0.05) is 11.8 Å². The summed E-state index contributed by atoms with van der Waals surface area (Å²) in [5.41, 5.74) is 0.314. The Hall–Kier alpha value is -1.87. The highest BCUT2D eigenvalue weighted by atomic mass is 79.9. The summed E-state index contributed by atoms with van der Waals surface area (Å²) in [5.74, 6) is -0.930. The smallest absolute Gasteiger partial charge is 0.339 e. The van der Waals surface area contributed by atoms with Crippen molar-refractivity contribution in [2.24, 2.45) is 0 Å². The quantitative estimate of drug-likeness (QED) is 0.519. The normalized spacial score (nSPS) is 15.7. The van der Waals surface area contributed by atoms with E-state index >= 15 is 0 Å². The molecule has 9 heteroatoms. The Balaban J connectivity index is 1.91. The van der Waals surface area contributed by atoms with Crippen LogP contribution in [0.4, 0.5) is 0 Å². The van der Waals surface area contributed by atoms with Gasteiger partial charge in [0.2, 0.25) is 5.91 Å². The Bertz CT molecular complexity index is 680. The fourth-order valence-corrected chi connectivity index (χ4v) is 3.21. The van der Waals surface area contributed by atoms with Crippen molar-refractivity contribution in [2.45, 2.75) is 6.92 Å². The average Bonchev–Trinajstić information content (AvgIpc) is 2.88. The van der Waals surface area contributed by atoms with Crippen LogP contribution in [0.3, 0.4) is 0 Å². The fraction of sp³-hybridized carbons (Fsp3) is 0.333. The van der Waals surface area contributed by atoms with Crippen molar-refractivity contribution >= 4 is 45.5 Å². The van der Waals surface area contributed by atoms with Crippen molar-refractivity contribution in [3.63, 3.8) is 0 Å². The third-order valence-electron chi connectivity index (χ3n) is 2.93. The molecule has 1 fully saturated rings. The highest BCUT2D eigenvalue weighted by Gasteiger charge is 2.27. The monoisotopic (exact) mass is 414 g/mol. The molecule has 128 valence electrons. The molecule has 7 nitrogen and oxygen atoms in total. The van der Waals surface area contributed by atoms with Crippen molar-refractivity contribution in [1.82, 2.24) is 9.88 Å². The minimum Gasteiger partial charge on any atom is -0.463 e. The first kappa shape index (κ1) is 18.5. The second kappa shape index (κ2) is 8.84. The third-order valence-corrected chi connectivity index (χ3v) is 4.39. The molecule has 24 heavy (non-hydrogen) atoms. The topological polar surface area (TPSA) is 85.8 Å². The number of rotatable bonds is 6. The van der Waals surface area contributed by atoms with E-state index in [1.165, 1.54) is 28.9 Å². The standard InChI is InChI=1S/C15H15BrN2O5S/c1-2-22-14(20)6-13-18(12(19)9-24-13)3-4-23-15(21)10-5-11(16)8-17-7-10/h5-8H,2-4,9H2,1H3/b13-6+. The van der Waals surface area contributed by atoms with Gasteiger partial charge in [-0.2, -0.15) is 0 Å². The molecule has 1 aliphatic rings. The third kappa shape index (κ3) is 5.07. The maximum Gasteiger partial charge on any atom is 0.339 e. The summed E-state index contributed by atoms with van der Waals surface area (Å²) >= 11 is 4.48. The minimum atomic E-state index is -0.529. The van der Waals surface area contributed by atoms with Gasteiger partial charge >= 0.3 is 11.9 Å². The molecule has 1 aliphatic heterocycles. The lowest BCUT2D eigenvalue weighted by molar-refractivity contribution is -0.137. The van der Waals surface area contributed by atoms with Gasteiger partial charge in [-0.15, -0.1) is 0 Å². The van der Waals surface area contributed by atoms with Gasteiger partial charge in [0.1, 0.15) is 6.61 Å². The van der Waals surface area contributed by atoms with E-state index in [0.717, 1.165) is 0 Å². The number of carbonyl (C=O) groups is 3. The average molecular weight is 415 g/mol. The molecule has 0 radical (unpaired) electrons. The molecule has 0 bridgehead atoms. The zero-order chi connectivity index (χ0) is 17.5. The molecule has 2 heterocycles. The highest BCUT2D eigenvalue weighted by Crippen LogP contribution is 2.28. The van der Waals surface area contributed by atoms with E-state index in [0.29, 0.717) is 15.1 Å². The Morgan fingerprint density at radius 1 is 1.42 bits per heavy atom. The summed E-state index contributed by atoms with van der Waals surface area (Å²) in [4.78, 5) is 40.6. The molecule has 0 N–H and O–H groups in total. The summed E-state index contributed by atoms with van der Waals surface area (Å²) in [6.45, 7) is 2.15. The van der Waals surface area contributed by atoms with Crippen LogP contribution in [-0.2, 0) is 19.1 Å². The predicted molar refractivity (Wildman–Crippen MR) is 91.1 cm³/mol. The first-order valence-corrected chi connectivity index (χ1v) is 8.88. The Morgan fingerprint density at radius 3 is 2.92 bits per heavy atom. The second-order valence-corrected chi connectivity index (χ2v) is 6.51. The molecule has 1 aromatic heterocycles. The number of thioether (sulfide) groups is 1. The van der Waals surface area contributed by atoms with E-state index in [9.17, 15) is 14.4 Å². The number of amides is 1. The van der Waals surface area contributed by atoms with Gasteiger partial charge in [0.25, 0.3) is 0 Å². The lowest BCUT2D eigenvalue weighted by Gasteiger charge is -2.16. The maximum absolute atomic E-state index is 11.9. The van der Waals surface area contributed by atoms with Crippen LogP contribution in [0.25, 0.3) is 0 Å². The van der Waals surface area contributed by atoms with Crippen LogP contribution < -0.4 is 0 Å². The predicted octanol–water partition coefficient (Wildman–Crippen LogP) is 1.98. The van der Waals surface area contributed by atoms with Crippen LogP contribution in [0.15, 0.2) is 34.0 Å². The summed E-state index contributed by atoms with van der Waals surface area (Å²) < 4.78 is 10.7. The summed E-state index contributed by atoms with van der Waals surface area (Å²) in [6, 6.07) is 1.60. The molecule has 0 aliphatic carbocycles. The van der Waals surface area contributed by atoms with Crippen molar-refractivity contribution in [3.8, 4) is 0 Å². The number of hydrogen-bond acceptors (Lipinski definition) is 7. The van der Waals surface area contributed by atoms with Crippen LogP contribution in [0.5, 0.6) is 0 Å². The van der Waals surface area contributed by atoms with E-state index in [1.807, 2.05) is 0 Å². The first-order chi connectivity index (χ1) is 11.5. The number of ether oxygens (including phenoxy) is 2.